The van der Waals surface area contributed by atoms with Crippen LogP contribution in [0.1, 0.15) is 11.3 Å². The van der Waals surface area contributed by atoms with E-state index < -0.39 is 15.4 Å². The predicted octanol–water partition coefficient (Wildman–Crippen LogP) is 2.45. The molecule has 1 N–H and O–H groups in total. The first-order valence-corrected chi connectivity index (χ1v) is 8.36. The van der Waals surface area contributed by atoms with Crippen LogP contribution in [0.15, 0.2) is 44.6 Å². The number of halogens is 1. The number of H-pyrrole nitrogens is 1. The molecule has 1 aromatic carbocycles. The van der Waals surface area contributed by atoms with Gasteiger partial charge in [0.1, 0.15) is 17.1 Å². The van der Waals surface area contributed by atoms with E-state index in [4.69, 9.17) is 16.0 Å². The third-order valence-corrected chi connectivity index (χ3v) is 5.03. The molecule has 0 radical (unpaired) electrons. The Hall–Kier alpha value is -2.12. The van der Waals surface area contributed by atoms with Crippen molar-refractivity contribution < 1.29 is 12.8 Å². The van der Waals surface area contributed by atoms with Crippen molar-refractivity contribution in [1.29, 1.82) is 0 Å². The van der Waals surface area contributed by atoms with Gasteiger partial charge < -0.3 is 4.42 Å². The van der Waals surface area contributed by atoms with Crippen molar-refractivity contribution in [1.82, 2.24) is 10.2 Å². The number of nitrogens with zero attached hydrogens (tertiary/aromatic N) is 1. The van der Waals surface area contributed by atoms with Crippen LogP contribution in [0.2, 0.25) is 5.02 Å². The van der Waals surface area contributed by atoms with E-state index in [0.29, 0.717) is 21.9 Å². The molecule has 3 rings (SSSR count). The molecule has 0 fully saturated rings. The summed E-state index contributed by atoms with van der Waals surface area (Å²) in [6, 6.07) is 7.38. The van der Waals surface area contributed by atoms with Gasteiger partial charge in [0.15, 0.2) is 5.03 Å². The van der Waals surface area contributed by atoms with Crippen molar-refractivity contribution in [3.63, 3.8) is 0 Å². The molecule has 0 aliphatic heterocycles. The third-order valence-electron chi connectivity index (χ3n) is 3.29. The molecule has 0 saturated carbocycles. The summed E-state index contributed by atoms with van der Waals surface area (Å²) in [5.74, 6) is -0.0188. The third kappa shape index (κ3) is 2.65. The van der Waals surface area contributed by atoms with E-state index in [0.717, 1.165) is 11.5 Å². The number of fused-ring (bicyclic) bond motifs is 1. The summed E-state index contributed by atoms with van der Waals surface area (Å²) < 4.78 is 30.3. The Kier molecular flexibility index (Phi) is 3.54. The smallest absolute Gasteiger partial charge is 0.264 e. The van der Waals surface area contributed by atoms with Crippen molar-refractivity contribution in [2.24, 2.45) is 0 Å². The summed E-state index contributed by atoms with van der Waals surface area (Å²) in [5, 5.41) is 6.78. The zero-order valence-electron chi connectivity index (χ0n) is 11.5. The van der Waals surface area contributed by atoms with Crippen molar-refractivity contribution in [3.05, 3.63) is 57.0 Å². The van der Waals surface area contributed by atoms with Gasteiger partial charge in [0.05, 0.1) is 0 Å². The van der Waals surface area contributed by atoms with Gasteiger partial charge in [-0.25, -0.2) is 13.5 Å². The number of aryl methyl sites for hydroxylation is 1. The summed E-state index contributed by atoms with van der Waals surface area (Å²) in [6.07, 6.45) is 0. The standard InChI is InChI=1S/C14H11ClN2O4S/c1-8-10-6-9(15)2-3-11(10)21-12(8)7-22(19,20)14-5-4-13(18)16-17-14/h2-6H,7H2,1H3,(H,16,18). The first-order valence-electron chi connectivity index (χ1n) is 6.33. The van der Waals surface area contributed by atoms with Crippen LogP contribution in [-0.4, -0.2) is 18.6 Å². The fourth-order valence-corrected chi connectivity index (χ4v) is 3.53. The van der Waals surface area contributed by atoms with Gasteiger partial charge in [0.25, 0.3) is 5.56 Å². The molecule has 0 amide bonds. The lowest BCUT2D eigenvalue weighted by atomic mass is 10.1. The maximum absolute atomic E-state index is 12.3. The number of aromatic nitrogens is 2. The fourth-order valence-electron chi connectivity index (χ4n) is 2.13. The number of furan rings is 1. The molecular weight excluding hydrogens is 328 g/mol. The summed E-state index contributed by atoms with van der Waals surface area (Å²) in [7, 11) is -3.72. The number of aromatic amines is 1. The molecule has 0 atom stereocenters. The molecule has 0 unspecified atom stereocenters. The molecule has 2 aromatic heterocycles. The van der Waals surface area contributed by atoms with Crippen LogP contribution in [0.25, 0.3) is 11.0 Å². The molecule has 0 spiro atoms. The number of hydrogen-bond donors (Lipinski definition) is 1. The van der Waals surface area contributed by atoms with Crippen LogP contribution < -0.4 is 5.56 Å². The monoisotopic (exact) mass is 338 g/mol. The van der Waals surface area contributed by atoms with Gasteiger partial charge in [-0.15, -0.1) is 0 Å². The lowest BCUT2D eigenvalue weighted by Crippen LogP contribution is -2.13. The molecule has 0 aliphatic carbocycles. The number of sulfone groups is 1. The van der Waals surface area contributed by atoms with Gasteiger partial charge in [-0.2, -0.15) is 5.10 Å². The molecule has 0 aliphatic rings. The average Bonchev–Trinajstić information content (AvgIpc) is 2.75. The Balaban J connectivity index is 2.04. The number of benzene rings is 1. The first kappa shape index (κ1) is 14.8. The second kappa shape index (κ2) is 5.26. The summed E-state index contributed by atoms with van der Waals surface area (Å²) in [4.78, 5) is 11.0. The molecule has 114 valence electrons. The minimum Gasteiger partial charge on any atom is -0.460 e. The van der Waals surface area contributed by atoms with Gasteiger partial charge >= 0.3 is 0 Å². The molecule has 3 aromatic rings. The van der Waals surface area contributed by atoms with Crippen molar-refractivity contribution in [2.75, 3.05) is 0 Å². The van der Waals surface area contributed by atoms with Gasteiger partial charge in [-0.1, -0.05) is 11.6 Å². The largest absolute Gasteiger partial charge is 0.460 e. The van der Waals surface area contributed by atoms with E-state index in [-0.39, 0.29) is 10.8 Å². The van der Waals surface area contributed by atoms with Gasteiger partial charge in [-0.05, 0) is 36.8 Å². The lowest BCUT2D eigenvalue weighted by molar-refractivity contribution is 0.549. The molecule has 22 heavy (non-hydrogen) atoms. The molecule has 0 bridgehead atoms. The minimum absolute atomic E-state index is 0.204. The predicted molar refractivity (Wildman–Crippen MR) is 81.7 cm³/mol. The van der Waals surface area contributed by atoms with Crippen LogP contribution >= 0.6 is 11.6 Å². The SMILES string of the molecule is Cc1c(CS(=O)(=O)c2ccc(=O)[nH]n2)oc2ccc(Cl)cc12. The van der Waals surface area contributed by atoms with E-state index in [9.17, 15) is 13.2 Å². The average molecular weight is 339 g/mol. The Labute approximate surface area is 130 Å². The van der Waals surface area contributed by atoms with E-state index in [1.807, 2.05) is 0 Å². The zero-order valence-corrected chi connectivity index (χ0v) is 13.0. The van der Waals surface area contributed by atoms with Gasteiger partial charge in [0.2, 0.25) is 9.84 Å². The maximum atomic E-state index is 12.3. The van der Waals surface area contributed by atoms with Gasteiger partial charge in [0, 0.05) is 16.5 Å². The second-order valence-corrected chi connectivity index (χ2v) is 7.18. The van der Waals surface area contributed by atoms with Crippen molar-refractivity contribution >= 4 is 32.4 Å². The van der Waals surface area contributed by atoms with Crippen molar-refractivity contribution in [2.45, 2.75) is 17.7 Å². The highest BCUT2D eigenvalue weighted by Gasteiger charge is 2.22. The van der Waals surface area contributed by atoms with Gasteiger partial charge in [-0.3, -0.25) is 4.79 Å². The van der Waals surface area contributed by atoms with Crippen molar-refractivity contribution in [3.8, 4) is 0 Å². The highest BCUT2D eigenvalue weighted by atomic mass is 35.5. The Morgan fingerprint density at radius 2 is 2.05 bits per heavy atom. The number of rotatable bonds is 3. The Morgan fingerprint density at radius 3 is 2.73 bits per heavy atom. The summed E-state index contributed by atoms with van der Waals surface area (Å²) in [6.45, 7) is 1.77. The highest BCUT2D eigenvalue weighted by molar-refractivity contribution is 7.90. The number of nitrogens with one attached hydrogen (secondary N) is 1. The van der Waals surface area contributed by atoms with Crippen LogP contribution in [0.3, 0.4) is 0 Å². The molecule has 2 heterocycles. The number of hydrogen-bond acceptors (Lipinski definition) is 5. The summed E-state index contributed by atoms with van der Waals surface area (Å²) >= 11 is 5.94. The second-order valence-electron chi connectivity index (χ2n) is 4.81. The topological polar surface area (TPSA) is 93.0 Å². The maximum Gasteiger partial charge on any atom is 0.264 e. The van der Waals surface area contributed by atoms with E-state index in [1.165, 1.54) is 6.07 Å². The molecule has 6 nitrogen and oxygen atoms in total. The Bertz CT molecular complexity index is 1000. The normalized spacial score (nSPS) is 11.9. The molecular formula is C14H11ClN2O4S. The van der Waals surface area contributed by atoms with E-state index in [1.54, 1.807) is 25.1 Å². The highest BCUT2D eigenvalue weighted by Crippen LogP contribution is 2.29. The minimum atomic E-state index is -3.72. The quantitative estimate of drug-likeness (QED) is 0.791. The first-order chi connectivity index (χ1) is 10.4. The zero-order chi connectivity index (χ0) is 15.9. The van der Waals surface area contributed by atoms with Crippen LogP contribution in [0.5, 0.6) is 0 Å². The van der Waals surface area contributed by atoms with E-state index in [2.05, 4.69) is 10.2 Å². The van der Waals surface area contributed by atoms with Crippen LogP contribution in [0, 0.1) is 6.92 Å². The van der Waals surface area contributed by atoms with Crippen LogP contribution in [0.4, 0.5) is 0 Å². The lowest BCUT2D eigenvalue weighted by Gasteiger charge is -2.01. The fraction of sp³-hybridized carbons (Fsp3) is 0.143. The van der Waals surface area contributed by atoms with E-state index >= 15 is 0 Å². The van der Waals surface area contributed by atoms with Crippen LogP contribution in [-0.2, 0) is 15.6 Å². The summed E-state index contributed by atoms with van der Waals surface area (Å²) in [5.41, 5.74) is 0.820. The molecule has 0 saturated heterocycles. The molecule has 8 heteroatoms. The Morgan fingerprint density at radius 1 is 1.27 bits per heavy atom.